The van der Waals surface area contributed by atoms with E-state index in [0.717, 1.165) is 4.31 Å². The molecule has 1 aliphatic rings. The summed E-state index contributed by atoms with van der Waals surface area (Å²) in [4.78, 5) is 22.7. The Morgan fingerprint density at radius 1 is 1.21 bits per heavy atom. The van der Waals surface area contributed by atoms with Crippen molar-refractivity contribution in [1.82, 2.24) is 9.62 Å². The van der Waals surface area contributed by atoms with E-state index in [4.69, 9.17) is 11.6 Å². The van der Waals surface area contributed by atoms with Crippen LogP contribution in [0.4, 0.5) is 0 Å². The Balaban J connectivity index is 2.33. The number of sulfonamides is 1. The normalized spacial score (nSPS) is 22.6. The molecule has 1 aromatic carbocycles. The molecule has 0 saturated carbocycles. The number of carboxylic acid groups (broad SMARTS) is 1. The van der Waals surface area contributed by atoms with Crippen molar-refractivity contribution in [2.75, 3.05) is 13.1 Å². The van der Waals surface area contributed by atoms with Gasteiger partial charge in [0.1, 0.15) is 0 Å². The summed E-state index contributed by atoms with van der Waals surface area (Å²) in [5.41, 5.74) is 0. The smallest absolute Gasteiger partial charge is 0.307 e. The molecule has 1 amide bonds. The van der Waals surface area contributed by atoms with Crippen LogP contribution in [-0.2, 0) is 19.6 Å². The molecule has 132 valence electrons. The van der Waals surface area contributed by atoms with E-state index in [0.29, 0.717) is 17.9 Å². The maximum Gasteiger partial charge on any atom is 0.307 e. The lowest BCUT2D eigenvalue weighted by atomic mass is 10.0. The van der Waals surface area contributed by atoms with Gasteiger partial charge in [0, 0.05) is 31.1 Å². The molecule has 1 aromatic rings. The zero-order chi connectivity index (χ0) is 17.9. The summed E-state index contributed by atoms with van der Waals surface area (Å²) in [5, 5.41) is 12.4. The Morgan fingerprint density at radius 2 is 1.83 bits per heavy atom. The Morgan fingerprint density at radius 3 is 2.38 bits per heavy atom. The maximum atomic E-state index is 12.8. The van der Waals surface area contributed by atoms with E-state index in [1.165, 1.54) is 31.2 Å². The van der Waals surface area contributed by atoms with Crippen LogP contribution >= 0.6 is 11.6 Å². The second kappa shape index (κ2) is 7.50. The fourth-order valence-corrected chi connectivity index (χ4v) is 4.37. The third-order valence-corrected chi connectivity index (χ3v) is 6.02. The predicted octanol–water partition coefficient (Wildman–Crippen LogP) is 1.33. The molecule has 2 N–H and O–H groups in total. The summed E-state index contributed by atoms with van der Waals surface area (Å²) >= 11 is 5.79. The van der Waals surface area contributed by atoms with Crippen LogP contribution in [0.15, 0.2) is 29.2 Å². The fourth-order valence-electron chi connectivity index (χ4n) is 2.71. The number of carboxylic acids is 1. The van der Waals surface area contributed by atoms with Crippen molar-refractivity contribution in [1.29, 1.82) is 0 Å². The zero-order valence-electron chi connectivity index (χ0n) is 13.1. The van der Waals surface area contributed by atoms with E-state index >= 15 is 0 Å². The van der Waals surface area contributed by atoms with E-state index in [1.54, 1.807) is 0 Å². The van der Waals surface area contributed by atoms with Gasteiger partial charge in [-0.1, -0.05) is 11.6 Å². The van der Waals surface area contributed by atoms with Gasteiger partial charge in [-0.15, -0.1) is 0 Å². The first-order valence-corrected chi connectivity index (χ1v) is 9.27. The Hall–Kier alpha value is -1.64. The molecular weight excluding hydrogens is 356 g/mol. The maximum absolute atomic E-state index is 12.8. The summed E-state index contributed by atoms with van der Waals surface area (Å²) < 4.78 is 26.8. The number of benzene rings is 1. The van der Waals surface area contributed by atoms with Crippen LogP contribution in [0.2, 0.25) is 5.02 Å². The van der Waals surface area contributed by atoms with E-state index in [9.17, 15) is 23.1 Å². The minimum atomic E-state index is -3.88. The lowest BCUT2D eigenvalue weighted by Crippen LogP contribution is -2.44. The average molecular weight is 375 g/mol. The first-order chi connectivity index (χ1) is 11.2. The number of nitrogens with one attached hydrogen (secondary N) is 1. The Labute approximate surface area is 145 Å². The van der Waals surface area contributed by atoms with Gasteiger partial charge in [0.15, 0.2) is 0 Å². The largest absolute Gasteiger partial charge is 0.481 e. The van der Waals surface area contributed by atoms with E-state index < -0.39 is 28.0 Å². The number of aliphatic carboxylic acids is 1. The standard InChI is InChI=1S/C15H19ClN2O5S/c1-10(19)17-13-5-2-11(15(20)21)8-18(9-13)24(22,23)14-6-3-12(16)4-7-14/h3-4,6-7,11,13H,2,5,8-9H2,1H3,(H,17,19)(H,20,21)/t11-,13+/m0/s1. The lowest BCUT2D eigenvalue weighted by Gasteiger charge is -2.25. The van der Waals surface area contributed by atoms with Crippen LogP contribution < -0.4 is 5.32 Å². The molecule has 1 saturated heterocycles. The van der Waals surface area contributed by atoms with Crippen LogP contribution in [0.25, 0.3) is 0 Å². The summed E-state index contributed by atoms with van der Waals surface area (Å²) in [5.74, 6) is -2.14. The summed E-state index contributed by atoms with van der Waals surface area (Å²) in [6.07, 6.45) is 0.704. The molecule has 1 fully saturated rings. The van der Waals surface area contributed by atoms with E-state index in [1.807, 2.05) is 0 Å². The molecule has 0 unspecified atom stereocenters. The van der Waals surface area contributed by atoms with Crippen molar-refractivity contribution in [3.05, 3.63) is 29.3 Å². The van der Waals surface area contributed by atoms with Gasteiger partial charge in [-0.05, 0) is 37.1 Å². The number of nitrogens with zero attached hydrogens (tertiary/aromatic N) is 1. The third kappa shape index (κ3) is 4.46. The molecule has 2 atom stereocenters. The average Bonchev–Trinajstić information content (AvgIpc) is 2.70. The van der Waals surface area contributed by atoms with Crippen molar-refractivity contribution < 1.29 is 23.1 Å². The fraction of sp³-hybridized carbons (Fsp3) is 0.467. The molecule has 24 heavy (non-hydrogen) atoms. The number of carbonyl (C=O) groups is 2. The SMILES string of the molecule is CC(=O)N[C@@H]1CC[C@H](C(=O)O)CN(S(=O)(=O)c2ccc(Cl)cc2)C1. The highest BCUT2D eigenvalue weighted by atomic mass is 35.5. The van der Waals surface area contributed by atoms with Gasteiger partial charge >= 0.3 is 5.97 Å². The molecule has 9 heteroatoms. The van der Waals surface area contributed by atoms with E-state index in [2.05, 4.69) is 5.32 Å². The highest BCUT2D eigenvalue weighted by Gasteiger charge is 2.35. The van der Waals surface area contributed by atoms with Gasteiger partial charge in [-0.3, -0.25) is 9.59 Å². The second-order valence-corrected chi connectivity index (χ2v) is 8.16. The number of rotatable bonds is 4. The number of amides is 1. The number of carbonyl (C=O) groups excluding carboxylic acids is 1. The topological polar surface area (TPSA) is 104 Å². The van der Waals surface area contributed by atoms with Gasteiger partial charge in [-0.25, -0.2) is 8.42 Å². The monoisotopic (exact) mass is 374 g/mol. The lowest BCUT2D eigenvalue weighted by molar-refractivity contribution is -0.142. The number of hydrogen-bond donors (Lipinski definition) is 2. The van der Waals surface area contributed by atoms with Crippen molar-refractivity contribution >= 4 is 33.5 Å². The van der Waals surface area contributed by atoms with Gasteiger partial charge < -0.3 is 10.4 Å². The van der Waals surface area contributed by atoms with E-state index in [-0.39, 0.29) is 23.9 Å². The second-order valence-electron chi connectivity index (χ2n) is 5.79. The number of hydrogen-bond acceptors (Lipinski definition) is 4. The molecule has 0 aromatic heterocycles. The Kier molecular flexibility index (Phi) is 5.84. The van der Waals surface area contributed by atoms with Crippen LogP contribution in [0.3, 0.4) is 0 Å². The highest BCUT2D eigenvalue weighted by molar-refractivity contribution is 7.89. The number of halogens is 1. The van der Waals surface area contributed by atoms with Crippen LogP contribution in [0.5, 0.6) is 0 Å². The molecular formula is C15H19ClN2O5S. The van der Waals surface area contributed by atoms with Gasteiger partial charge in [0.25, 0.3) is 0 Å². The van der Waals surface area contributed by atoms with Crippen molar-refractivity contribution in [3.8, 4) is 0 Å². The minimum absolute atomic E-state index is 0.0360. The summed E-state index contributed by atoms with van der Waals surface area (Å²) in [6, 6.07) is 5.27. The summed E-state index contributed by atoms with van der Waals surface area (Å²) in [7, 11) is -3.88. The highest BCUT2D eigenvalue weighted by Crippen LogP contribution is 2.24. The molecule has 7 nitrogen and oxygen atoms in total. The molecule has 0 aliphatic carbocycles. The molecule has 0 spiro atoms. The molecule has 0 radical (unpaired) electrons. The van der Waals surface area contributed by atoms with Gasteiger partial charge in [0.05, 0.1) is 10.8 Å². The predicted molar refractivity (Wildman–Crippen MR) is 88.2 cm³/mol. The zero-order valence-corrected chi connectivity index (χ0v) is 14.7. The first-order valence-electron chi connectivity index (χ1n) is 7.46. The van der Waals surface area contributed by atoms with Crippen molar-refractivity contribution in [2.45, 2.75) is 30.7 Å². The van der Waals surface area contributed by atoms with Crippen LogP contribution in [0.1, 0.15) is 19.8 Å². The summed E-state index contributed by atoms with van der Waals surface area (Å²) in [6.45, 7) is 1.25. The quantitative estimate of drug-likeness (QED) is 0.827. The van der Waals surface area contributed by atoms with Gasteiger partial charge in [0.2, 0.25) is 15.9 Å². The molecule has 2 rings (SSSR count). The van der Waals surface area contributed by atoms with Crippen LogP contribution in [0, 0.1) is 5.92 Å². The molecule has 0 bridgehead atoms. The Bertz CT molecular complexity index is 720. The molecule has 1 heterocycles. The van der Waals surface area contributed by atoms with Crippen molar-refractivity contribution in [2.24, 2.45) is 5.92 Å². The first kappa shape index (κ1) is 18.7. The van der Waals surface area contributed by atoms with Crippen LogP contribution in [-0.4, -0.2) is 48.8 Å². The van der Waals surface area contributed by atoms with Gasteiger partial charge in [-0.2, -0.15) is 4.31 Å². The minimum Gasteiger partial charge on any atom is -0.481 e. The molecule has 1 aliphatic heterocycles. The third-order valence-electron chi connectivity index (χ3n) is 3.92. The van der Waals surface area contributed by atoms with Crippen molar-refractivity contribution in [3.63, 3.8) is 0 Å².